The Bertz CT molecular complexity index is 347. The predicted molar refractivity (Wildman–Crippen MR) is 77.8 cm³/mol. The van der Waals surface area contributed by atoms with Crippen LogP contribution in [0.25, 0.3) is 0 Å². The number of carboxylic acid groups (broad SMARTS) is 1. The molecule has 116 valence electrons. The molecule has 1 saturated heterocycles. The lowest BCUT2D eigenvalue weighted by molar-refractivity contribution is -0.137. The molecule has 0 saturated carbocycles. The topological polar surface area (TPSA) is 64.1 Å². The molecule has 0 bridgehead atoms. The molecule has 2 amide bonds. The second kappa shape index (κ2) is 7.47. The van der Waals surface area contributed by atoms with Gasteiger partial charge in [-0.3, -0.25) is 9.69 Å². The van der Waals surface area contributed by atoms with E-state index in [1.807, 2.05) is 18.7 Å². The molecule has 1 N–H and O–H groups in total. The summed E-state index contributed by atoms with van der Waals surface area (Å²) < 4.78 is 0. The summed E-state index contributed by atoms with van der Waals surface area (Å²) in [4.78, 5) is 29.1. The highest BCUT2D eigenvalue weighted by Crippen LogP contribution is 2.14. The lowest BCUT2D eigenvalue weighted by Gasteiger charge is -2.41. The van der Waals surface area contributed by atoms with E-state index < -0.39 is 5.97 Å². The highest BCUT2D eigenvalue weighted by Gasteiger charge is 2.30. The van der Waals surface area contributed by atoms with Crippen LogP contribution in [0, 0.1) is 0 Å². The van der Waals surface area contributed by atoms with E-state index in [1.165, 1.54) is 0 Å². The Labute approximate surface area is 121 Å². The van der Waals surface area contributed by atoms with Gasteiger partial charge >= 0.3 is 12.0 Å². The third-order valence-corrected chi connectivity index (χ3v) is 3.95. The molecule has 1 atom stereocenters. The van der Waals surface area contributed by atoms with Crippen molar-refractivity contribution < 1.29 is 14.7 Å². The summed E-state index contributed by atoms with van der Waals surface area (Å²) in [5.41, 5.74) is 0. The second-order valence-corrected chi connectivity index (χ2v) is 5.70. The summed E-state index contributed by atoms with van der Waals surface area (Å²) >= 11 is 0. The first-order chi connectivity index (χ1) is 9.36. The molecule has 0 aromatic rings. The normalized spacial score (nSPS) is 20.2. The van der Waals surface area contributed by atoms with Crippen LogP contribution in [-0.4, -0.2) is 77.1 Å². The average molecular weight is 285 g/mol. The summed E-state index contributed by atoms with van der Waals surface area (Å²) in [5, 5.41) is 8.79. The number of carbonyl (C=O) groups is 2. The van der Waals surface area contributed by atoms with Crippen LogP contribution in [0.15, 0.2) is 0 Å². The Morgan fingerprint density at radius 2 is 2.00 bits per heavy atom. The Morgan fingerprint density at radius 1 is 1.35 bits per heavy atom. The Balaban J connectivity index is 2.67. The number of amides is 2. The van der Waals surface area contributed by atoms with Crippen LogP contribution in [-0.2, 0) is 4.79 Å². The predicted octanol–water partition coefficient (Wildman–Crippen LogP) is 1.32. The summed E-state index contributed by atoms with van der Waals surface area (Å²) in [5.74, 6) is -0.867. The third kappa shape index (κ3) is 4.37. The van der Waals surface area contributed by atoms with Gasteiger partial charge in [-0.1, -0.05) is 6.92 Å². The number of nitrogens with zero attached hydrogens (tertiary/aromatic N) is 3. The number of likely N-dealkylation sites (N-methyl/N-ethyl adjacent to an activating group) is 1. The zero-order valence-electron chi connectivity index (χ0n) is 13.0. The molecule has 1 unspecified atom stereocenters. The van der Waals surface area contributed by atoms with E-state index in [4.69, 9.17) is 5.11 Å². The minimum Gasteiger partial charge on any atom is -0.481 e. The van der Waals surface area contributed by atoms with Gasteiger partial charge in [-0.25, -0.2) is 4.79 Å². The van der Waals surface area contributed by atoms with Crippen LogP contribution in [0.4, 0.5) is 4.79 Å². The molecule has 20 heavy (non-hydrogen) atoms. The number of carbonyl (C=O) groups excluding carboxylic acids is 1. The molecule has 0 spiro atoms. The SMILES string of the molecule is CCC1CN(C(=O)N(CCC(=O)O)C(C)C)CCN1C. The quantitative estimate of drug-likeness (QED) is 0.827. The number of hydrogen-bond acceptors (Lipinski definition) is 3. The Morgan fingerprint density at radius 3 is 2.50 bits per heavy atom. The van der Waals surface area contributed by atoms with Crippen LogP contribution in [0.2, 0.25) is 0 Å². The van der Waals surface area contributed by atoms with Gasteiger partial charge < -0.3 is 14.9 Å². The summed E-state index contributed by atoms with van der Waals surface area (Å²) in [6.07, 6.45) is 1.01. The number of carboxylic acids is 1. The molecular weight excluding hydrogens is 258 g/mol. The van der Waals surface area contributed by atoms with Crippen molar-refractivity contribution in [3.63, 3.8) is 0 Å². The first-order valence-corrected chi connectivity index (χ1v) is 7.34. The average Bonchev–Trinajstić information content (AvgIpc) is 2.38. The van der Waals surface area contributed by atoms with Crippen molar-refractivity contribution in [2.24, 2.45) is 0 Å². The van der Waals surface area contributed by atoms with E-state index >= 15 is 0 Å². The summed E-state index contributed by atoms with van der Waals surface area (Å²) in [7, 11) is 2.08. The molecular formula is C14H27N3O3. The van der Waals surface area contributed by atoms with Crippen LogP contribution < -0.4 is 0 Å². The van der Waals surface area contributed by atoms with Crippen molar-refractivity contribution in [2.75, 3.05) is 33.2 Å². The largest absolute Gasteiger partial charge is 0.481 e. The molecule has 1 fully saturated rings. The zero-order valence-corrected chi connectivity index (χ0v) is 13.0. The lowest BCUT2D eigenvalue weighted by Crippen LogP contribution is -2.57. The fourth-order valence-electron chi connectivity index (χ4n) is 2.53. The number of aliphatic carboxylic acids is 1. The number of piperazine rings is 1. The van der Waals surface area contributed by atoms with Crippen molar-refractivity contribution in [3.8, 4) is 0 Å². The van der Waals surface area contributed by atoms with E-state index in [0.29, 0.717) is 12.6 Å². The zero-order chi connectivity index (χ0) is 15.3. The number of rotatable bonds is 5. The highest BCUT2D eigenvalue weighted by atomic mass is 16.4. The van der Waals surface area contributed by atoms with Crippen LogP contribution >= 0.6 is 0 Å². The Kier molecular flexibility index (Phi) is 6.26. The van der Waals surface area contributed by atoms with Crippen LogP contribution in [0.5, 0.6) is 0 Å². The first-order valence-electron chi connectivity index (χ1n) is 7.34. The second-order valence-electron chi connectivity index (χ2n) is 5.70. The maximum Gasteiger partial charge on any atom is 0.320 e. The van der Waals surface area contributed by atoms with E-state index in [2.05, 4.69) is 18.9 Å². The van der Waals surface area contributed by atoms with Gasteiger partial charge in [-0.2, -0.15) is 0 Å². The first kappa shape index (κ1) is 16.8. The molecule has 0 aromatic heterocycles. The van der Waals surface area contributed by atoms with Gasteiger partial charge in [0.25, 0.3) is 0 Å². The van der Waals surface area contributed by atoms with Gasteiger partial charge in [0, 0.05) is 38.3 Å². The van der Waals surface area contributed by atoms with Crippen molar-refractivity contribution in [2.45, 2.75) is 45.7 Å². The van der Waals surface area contributed by atoms with Crippen molar-refractivity contribution in [3.05, 3.63) is 0 Å². The smallest absolute Gasteiger partial charge is 0.320 e. The maximum atomic E-state index is 12.6. The minimum absolute atomic E-state index is 0.00509. The fraction of sp³-hybridized carbons (Fsp3) is 0.857. The van der Waals surface area contributed by atoms with E-state index in [9.17, 15) is 9.59 Å². The van der Waals surface area contributed by atoms with Gasteiger partial charge in [-0.05, 0) is 27.3 Å². The molecule has 0 aromatic carbocycles. The minimum atomic E-state index is -0.867. The highest BCUT2D eigenvalue weighted by molar-refractivity contribution is 5.76. The summed E-state index contributed by atoms with van der Waals surface area (Å²) in [6, 6.07) is 0.371. The molecule has 6 nitrogen and oxygen atoms in total. The molecule has 1 heterocycles. The molecule has 1 rings (SSSR count). The lowest BCUT2D eigenvalue weighted by atomic mass is 10.1. The molecule has 1 aliphatic rings. The van der Waals surface area contributed by atoms with E-state index in [1.54, 1.807) is 4.90 Å². The van der Waals surface area contributed by atoms with Gasteiger partial charge in [0.05, 0.1) is 6.42 Å². The summed E-state index contributed by atoms with van der Waals surface area (Å²) in [6.45, 7) is 8.55. The standard InChI is InChI=1S/C14H27N3O3/c1-5-12-10-16(9-8-15(12)4)14(20)17(11(2)3)7-6-13(18)19/h11-12H,5-10H2,1-4H3,(H,18,19). The number of hydrogen-bond donors (Lipinski definition) is 1. The third-order valence-electron chi connectivity index (χ3n) is 3.95. The van der Waals surface area contributed by atoms with Gasteiger partial charge in [0.1, 0.15) is 0 Å². The molecule has 0 aliphatic carbocycles. The van der Waals surface area contributed by atoms with Gasteiger partial charge in [0.15, 0.2) is 0 Å². The molecule has 6 heteroatoms. The van der Waals surface area contributed by atoms with Gasteiger partial charge in [0.2, 0.25) is 0 Å². The van der Waals surface area contributed by atoms with E-state index in [0.717, 1.165) is 19.5 Å². The number of urea groups is 1. The van der Waals surface area contributed by atoms with Crippen molar-refractivity contribution in [1.29, 1.82) is 0 Å². The Hall–Kier alpha value is -1.30. The van der Waals surface area contributed by atoms with Crippen molar-refractivity contribution in [1.82, 2.24) is 14.7 Å². The fourth-order valence-corrected chi connectivity index (χ4v) is 2.53. The molecule has 0 radical (unpaired) electrons. The van der Waals surface area contributed by atoms with E-state index in [-0.39, 0.29) is 25.0 Å². The molecule has 1 aliphatic heterocycles. The maximum absolute atomic E-state index is 12.6. The van der Waals surface area contributed by atoms with Crippen molar-refractivity contribution >= 4 is 12.0 Å². The monoisotopic (exact) mass is 285 g/mol. The van der Waals surface area contributed by atoms with Crippen LogP contribution in [0.1, 0.15) is 33.6 Å². The van der Waals surface area contributed by atoms with Crippen LogP contribution in [0.3, 0.4) is 0 Å². The van der Waals surface area contributed by atoms with Gasteiger partial charge in [-0.15, -0.1) is 0 Å².